The van der Waals surface area contributed by atoms with E-state index in [-0.39, 0.29) is 37.2 Å². The van der Waals surface area contributed by atoms with Crippen molar-refractivity contribution in [3.63, 3.8) is 0 Å². The van der Waals surface area contributed by atoms with Crippen molar-refractivity contribution in [2.45, 2.75) is 26.3 Å². The molecule has 0 bridgehead atoms. The summed E-state index contributed by atoms with van der Waals surface area (Å²) in [6, 6.07) is 13.6. The Balaban J connectivity index is 1.44. The third-order valence-electron chi connectivity index (χ3n) is 5.81. The molecule has 1 N–H and O–H groups in total. The van der Waals surface area contributed by atoms with Crippen LogP contribution >= 0.6 is 0 Å². The number of piperazine rings is 1. The lowest BCUT2D eigenvalue weighted by Crippen LogP contribution is -2.52. The van der Waals surface area contributed by atoms with Crippen LogP contribution in [0.25, 0.3) is 0 Å². The molecule has 2 aromatic rings. The Kier molecular flexibility index (Phi) is 9.11. The molecule has 0 unspecified atom stereocenters. The number of rotatable bonds is 9. The lowest BCUT2D eigenvalue weighted by Gasteiger charge is -2.35. The maximum atomic E-state index is 12.7. The maximum absolute atomic E-state index is 12.7. The number of hydrogen-bond acceptors (Lipinski definition) is 5. The van der Waals surface area contributed by atoms with Gasteiger partial charge in [0.1, 0.15) is 5.75 Å². The van der Waals surface area contributed by atoms with E-state index in [4.69, 9.17) is 0 Å². The number of nitrogens with zero attached hydrogens (tertiary/aromatic N) is 3. The molecule has 1 fully saturated rings. The van der Waals surface area contributed by atoms with Gasteiger partial charge in [0.05, 0.1) is 13.1 Å². The fraction of sp³-hybridized carbons (Fsp3) is 0.440. The van der Waals surface area contributed by atoms with E-state index >= 15 is 0 Å². The van der Waals surface area contributed by atoms with Gasteiger partial charge in [0, 0.05) is 44.0 Å². The van der Waals surface area contributed by atoms with Crippen molar-refractivity contribution in [2.24, 2.45) is 0 Å². The topological polar surface area (TPSA) is 65.1 Å². The van der Waals surface area contributed by atoms with Crippen LogP contribution in [0.15, 0.2) is 48.5 Å². The first-order valence-electron chi connectivity index (χ1n) is 11.5. The number of para-hydroxylation sites is 2. The minimum atomic E-state index is -4.78. The van der Waals surface area contributed by atoms with Gasteiger partial charge in [-0.25, -0.2) is 0 Å². The van der Waals surface area contributed by atoms with Gasteiger partial charge in [0.2, 0.25) is 11.8 Å². The van der Waals surface area contributed by atoms with E-state index in [1.165, 1.54) is 12.1 Å². The summed E-state index contributed by atoms with van der Waals surface area (Å²) in [5, 5.41) is 2.96. The number of carbonyl (C=O) groups excluding carboxylic acids is 2. The van der Waals surface area contributed by atoms with E-state index < -0.39 is 6.36 Å². The van der Waals surface area contributed by atoms with E-state index in [2.05, 4.69) is 10.1 Å². The molecule has 0 radical (unpaired) electrons. The number of amides is 2. The number of carbonyl (C=O) groups is 2. The molecule has 190 valence electrons. The molecule has 7 nitrogen and oxygen atoms in total. The number of halogens is 3. The number of aryl methyl sites for hydroxylation is 1. The van der Waals surface area contributed by atoms with E-state index in [1.54, 1.807) is 29.0 Å². The molecule has 1 aliphatic heterocycles. The summed E-state index contributed by atoms with van der Waals surface area (Å²) in [7, 11) is 1.68. The van der Waals surface area contributed by atoms with Gasteiger partial charge < -0.3 is 15.0 Å². The number of nitrogens with one attached hydrogen (secondary N) is 1. The van der Waals surface area contributed by atoms with Gasteiger partial charge in [-0.05, 0) is 31.2 Å². The molecular formula is C25H31F3N4O3. The van der Waals surface area contributed by atoms with Crippen LogP contribution in [0.5, 0.6) is 5.75 Å². The smallest absolute Gasteiger partial charge is 0.405 e. The average molecular weight is 493 g/mol. The van der Waals surface area contributed by atoms with Crippen molar-refractivity contribution in [3.05, 3.63) is 59.7 Å². The second-order valence-corrected chi connectivity index (χ2v) is 8.54. The van der Waals surface area contributed by atoms with Crippen molar-refractivity contribution in [1.82, 2.24) is 14.7 Å². The molecule has 1 saturated heterocycles. The van der Waals surface area contributed by atoms with Crippen LogP contribution in [0.1, 0.15) is 18.1 Å². The fourth-order valence-electron chi connectivity index (χ4n) is 4.04. The van der Waals surface area contributed by atoms with Gasteiger partial charge in [-0.2, -0.15) is 0 Å². The highest BCUT2D eigenvalue weighted by Crippen LogP contribution is 2.27. The molecule has 0 aliphatic carbocycles. The zero-order valence-electron chi connectivity index (χ0n) is 20.0. The van der Waals surface area contributed by atoms with Gasteiger partial charge in [-0.1, -0.05) is 43.3 Å². The number of alkyl halides is 3. The Morgan fingerprint density at radius 1 is 1.00 bits per heavy atom. The number of ether oxygens (including phenoxy) is 1. The normalized spacial score (nSPS) is 14.7. The molecule has 0 saturated carbocycles. The molecule has 3 rings (SSSR count). The van der Waals surface area contributed by atoms with Crippen molar-refractivity contribution in [3.8, 4) is 5.75 Å². The zero-order valence-corrected chi connectivity index (χ0v) is 20.0. The van der Waals surface area contributed by atoms with E-state index in [9.17, 15) is 22.8 Å². The fourth-order valence-corrected chi connectivity index (χ4v) is 4.04. The van der Waals surface area contributed by atoms with Gasteiger partial charge >= 0.3 is 6.36 Å². The molecule has 0 atom stereocenters. The Hall–Kier alpha value is -3.11. The summed E-state index contributed by atoms with van der Waals surface area (Å²) in [5.74, 6) is -0.472. The first kappa shape index (κ1) is 26.5. The molecular weight excluding hydrogens is 461 g/mol. The quantitative estimate of drug-likeness (QED) is 0.582. The molecule has 10 heteroatoms. The lowest BCUT2D eigenvalue weighted by atomic mass is 10.1. The maximum Gasteiger partial charge on any atom is 0.573 e. The largest absolute Gasteiger partial charge is 0.573 e. The summed E-state index contributed by atoms with van der Waals surface area (Å²) in [6.07, 6.45) is -3.95. The molecule has 0 aromatic heterocycles. The molecule has 1 aliphatic rings. The minimum absolute atomic E-state index is 0.0641. The van der Waals surface area contributed by atoms with Crippen molar-refractivity contribution >= 4 is 17.5 Å². The highest BCUT2D eigenvalue weighted by molar-refractivity contribution is 5.93. The summed E-state index contributed by atoms with van der Waals surface area (Å²) >= 11 is 0. The van der Waals surface area contributed by atoms with Crippen LogP contribution in [0.4, 0.5) is 18.9 Å². The Morgan fingerprint density at radius 3 is 2.29 bits per heavy atom. The first-order valence-corrected chi connectivity index (χ1v) is 11.5. The second kappa shape index (κ2) is 12.0. The minimum Gasteiger partial charge on any atom is -0.405 e. The van der Waals surface area contributed by atoms with Crippen LogP contribution in [0.2, 0.25) is 0 Å². The summed E-state index contributed by atoms with van der Waals surface area (Å²) in [5.41, 5.74) is 2.24. The summed E-state index contributed by atoms with van der Waals surface area (Å²) in [6.45, 7) is 4.59. The van der Waals surface area contributed by atoms with Crippen LogP contribution in [0, 0.1) is 0 Å². The third kappa shape index (κ3) is 8.25. The average Bonchev–Trinajstić information content (AvgIpc) is 2.80. The van der Waals surface area contributed by atoms with Crippen molar-refractivity contribution < 1.29 is 27.5 Å². The SMILES string of the molecule is CCc1ccccc1NC(=O)CN1CCN(C(=O)CN(C)Cc2ccccc2OC(F)(F)F)CC1. The molecule has 0 spiro atoms. The predicted octanol–water partition coefficient (Wildman–Crippen LogP) is 3.36. The van der Waals surface area contributed by atoms with E-state index in [0.29, 0.717) is 31.7 Å². The highest BCUT2D eigenvalue weighted by Gasteiger charge is 2.32. The van der Waals surface area contributed by atoms with Crippen molar-refractivity contribution in [2.75, 3.05) is 51.6 Å². The molecule has 1 heterocycles. The Labute approximate surface area is 203 Å². The van der Waals surface area contributed by atoms with Gasteiger partial charge in [-0.3, -0.25) is 19.4 Å². The van der Waals surface area contributed by atoms with Crippen LogP contribution in [0.3, 0.4) is 0 Å². The van der Waals surface area contributed by atoms with Crippen LogP contribution in [-0.2, 0) is 22.6 Å². The number of likely N-dealkylation sites (N-methyl/N-ethyl adjacent to an activating group) is 1. The van der Waals surface area contributed by atoms with Crippen molar-refractivity contribution in [1.29, 1.82) is 0 Å². The first-order chi connectivity index (χ1) is 16.6. The molecule has 2 aromatic carbocycles. The Morgan fingerprint density at radius 2 is 1.63 bits per heavy atom. The molecule has 2 amide bonds. The van der Waals surface area contributed by atoms with Crippen LogP contribution in [-0.4, -0.2) is 79.2 Å². The number of benzene rings is 2. The van der Waals surface area contributed by atoms with Gasteiger partial charge in [-0.15, -0.1) is 13.2 Å². The van der Waals surface area contributed by atoms with Crippen LogP contribution < -0.4 is 10.1 Å². The Bertz CT molecular complexity index is 1010. The number of hydrogen-bond donors (Lipinski definition) is 1. The second-order valence-electron chi connectivity index (χ2n) is 8.54. The lowest BCUT2D eigenvalue weighted by molar-refractivity contribution is -0.275. The van der Waals surface area contributed by atoms with E-state index in [0.717, 1.165) is 17.7 Å². The summed E-state index contributed by atoms with van der Waals surface area (Å²) < 4.78 is 42.0. The van der Waals surface area contributed by atoms with Gasteiger partial charge in [0.15, 0.2) is 0 Å². The summed E-state index contributed by atoms with van der Waals surface area (Å²) in [4.78, 5) is 30.6. The molecule has 35 heavy (non-hydrogen) atoms. The standard InChI is InChI=1S/C25H31F3N4O3/c1-3-19-8-4-6-10-21(19)29-23(33)17-31-12-14-32(15-13-31)24(34)18-30(2)16-20-9-5-7-11-22(20)35-25(26,27)28/h4-11H,3,12-18H2,1-2H3,(H,29,33). The van der Waals surface area contributed by atoms with E-state index in [1.807, 2.05) is 36.1 Å². The monoisotopic (exact) mass is 492 g/mol. The third-order valence-corrected chi connectivity index (χ3v) is 5.81. The number of anilines is 1. The zero-order chi connectivity index (χ0) is 25.4. The highest BCUT2D eigenvalue weighted by atomic mass is 19.4. The predicted molar refractivity (Wildman–Crippen MR) is 127 cm³/mol. The van der Waals surface area contributed by atoms with Gasteiger partial charge in [0.25, 0.3) is 0 Å².